The molecule has 0 saturated carbocycles. The van der Waals surface area contributed by atoms with Crippen LogP contribution >= 0.6 is 0 Å². The van der Waals surface area contributed by atoms with E-state index >= 15 is 0 Å². The van der Waals surface area contributed by atoms with Crippen LogP contribution in [0.25, 0.3) is 0 Å². The number of rotatable bonds is 8. The molecule has 0 unspecified atom stereocenters. The number of carbonyl (C=O) groups excluding carboxylic acids is 2. The SMILES string of the molecule is COc1cccc(OC[C@H]2C[C@@H](C(=O)O)N(C(=O)O[C@@H](C)OC(=O)C(C)C)C2)c1. The molecule has 2 rings (SSSR count). The number of methoxy groups -OCH3 is 1. The summed E-state index contributed by atoms with van der Waals surface area (Å²) in [5.74, 6) is -0.959. The van der Waals surface area contributed by atoms with Crippen molar-refractivity contribution >= 4 is 18.0 Å². The molecule has 0 spiro atoms. The first-order valence-corrected chi connectivity index (χ1v) is 9.38. The number of hydrogen-bond acceptors (Lipinski definition) is 7. The number of ether oxygens (including phenoxy) is 4. The molecule has 0 radical (unpaired) electrons. The molecule has 1 aromatic carbocycles. The van der Waals surface area contributed by atoms with E-state index in [1.54, 1.807) is 45.2 Å². The van der Waals surface area contributed by atoms with Crippen molar-refractivity contribution in [1.82, 2.24) is 4.90 Å². The Morgan fingerprint density at radius 2 is 1.86 bits per heavy atom. The van der Waals surface area contributed by atoms with Crippen LogP contribution in [0.3, 0.4) is 0 Å². The summed E-state index contributed by atoms with van der Waals surface area (Å²) in [6.45, 7) is 5.12. The van der Waals surface area contributed by atoms with Gasteiger partial charge in [0.1, 0.15) is 17.5 Å². The molecule has 0 aromatic heterocycles. The predicted molar refractivity (Wildman–Crippen MR) is 102 cm³/mol. The first-order chi connectivity index (χ1) is 13.7. The summed E-state index contributed by atoms with van der Waals surface area (Å²) in [4.78, 5) is 36.7. The minimum atomic E-state index is -1.13. The topological polar surface area (TPSA) is 112 Å². The highest BCUT2D eigenvalue weighted by atomic mass is 16.7. The molecule has 1 amide bonds. The first kappa shape index (κ1) is 22.3. The Morgan fingerprint density at radius 1 is 1.17 bits per heavy atom. The van der Waals surface area contributed by atoms with Crippen LogP contribution in [0.2, 0.25) is 0 Å². The summed E-state index contributed by atoms with van der Waals surface area (Å²) in [5.41, 5.74) is 0. The fourth-order valence-electron chi connectivity index (χ4n) is 2.92. The van der Waals surface area contributed by atoms with Crippen molar-refractivity contribution in [2.45, 2.75) is 39.5 Å². The largest absolute Gasteiger partial charge is 0.497 e. The minimum Gasteiger partial charge on any atom is -0.497 e. The van der Waals surface area contributed by atoms with Crippen LogP contribution in [0.15, 0.2) is 24.3 Å². The number of hydrogen-bond donors (Lipinski definition) is 1. The van der Waals surface area contributed by atoms with Gasteiger partial charge in [-0.3, -0.25) is 9.69 Å². The zero-order valence-corrected chi connectivity index (χ0v) is 17.0. The van der Waals surface area contributed by atoms with E-state index in [1.165, 1.54) is 6.92 Å². The summed E-state index contributed by atoms with van der Waals surface area (Å²) in [5, 5.41) is 9.46. The molecule has 1 aromatic rings. The van der Waals surface area contributed by atoms with Gasteiger partial charge in [-0.05, 0) is 18.6 Å². The smallest absolute Gasteiger partial charge is 0.413 e. The molecule has 9 heteroatoms. The monoisotopic (exact) mass is 409 g/mol. The Hall–Kier alpha value is -2.97. The predicted octanol–water partition coefficient (Wildman–Crippen LogP) is 2.53. The second kappa shape index (κ2) is 9.99. The second-order valence-electron chi connectivity index (χ2n) is 7.14. The Morgan fingerprint density at radius 3 is 2.48 bits per heavy atom. The second-order valence-corrected chi connectivity index (χ2v) is 7.14. The van der Waals surface area contributed by atoms with Crippen LogP contribution in [-0.2, 0) is 19.1 Å². The van der Waals surface area contributed by atoms with Crippen molar-refractivity contribution in [3.8, 4) is 11.5 Å². The molecule has 0 aliphatic carbocycles. The van der Waals surface area contributed by atoms with Crippen molar-refractivity contribution in [2.75, 3.05) is 20.3 Å². The third kappa shape index (κ3) is 6.27. The van der Waals surface area contributed by atoms with Crippen LogP contribution in [0.4, 0.5) is 4.79 Å². The van der Waals surface area contributed by atoms with Crippen molar-refractivity contribution < 1.29 is 38.4 Å². The number of carboxylic acid groups (broad SMARTS) is 1. The lowest BCUT2D eigenvalue weighted by atomic mass is 10.1. The lowest BCUT2D eigenvalue weighted by Crippen LogP contribution is -2.42. The van der Waals surface area contributed by atoms with E-state index in [4.69, 9.17) is 18.9 Å². The van der Waals surface area contributed by atoms with Gasteiger partial charge in [-0.25, -0.2) is 9.59 Å². The highest BCUT2D eigenvalue weighted by Crippen LogP contribution is 2.27. The Labute approximate surface area is 169 Å². The van der Waals surface area contributed by atoms with Gasteiger partial charge in [-0.2, -0.15) is 0 Å². The average Bonchev–Trinajstić information content (AvgIpc) is 3.11. The summed E-state index contributed by atoms with van der Waals surface area (Å²) < 4.78 is 21.0. The zero-order valence-electron chi connectivity index (χ0n) is 17.0. The average molecular weight is 409 g/mol. The molecule has 0 bridgehead atoms. The maximum atomic E-state index is 12.4. The van der Waals surface area contributed by atoms with Crippen LogP contribution in [0, 0.1) is 11.8 Å². The van der Waals surface area contributed by atoms with Crippen molar-refractivity contribution in [3.05, 3.63) is 24.3 Å². The van der Waals surface area contributed by atoms with Crippen molar-refractivity contribution in [2.24, 2.45) is 11.8 Å². The third-order valence-electron chi connectivity index (χ3n) is 4.45. The fourth-order valence-corrected chi connectivity index (χ4v) is 2.92. The maximum Gasteiger partial charge on any atom is 0.413 e. The third-order valence-corrected chi connectivity index (χ3v) is 4.45. The first-order valence-electron chi connectivity index (χ1n) is 9.38. The summed E-state index contributed by atoms with van der Waals surface area (Å²) >= 11 is 0. The molecular weight excluding hydrogens is 382 g/mol. The van der Waals surface area contributed by atoms with Crippen LogP contribution < -0.4 is 9.47 Å². The van der Waals surface area contributed by atoms with Gasteiger partial charge >= 0.3 is 18.0 Å². The molecule has 1 N–H and O–H groups in total. The van der Waals surface area contributed by atoms with Gasteiger partial charge in [0, 0.05) is 25.5 Å². The van der Waals surface area contributed by atoms with E-state index in [1.807, 2.05) is 0 Å². The van der Waals surface area contributed by atoms with Gasteiger partial charge in [-0.1, -0.05) is 19.9 Å². The molecule has 1 saturated heterocycles. The van der Waals surface area contributed by atoms with Gasteiger partial charge in [0.2, 0.25) is 6.29 Å². The number of benzene rings is 1. The molecule has 3 atom stereocenters. The number of amides is 1. The fraction of sp³-hybridized carbons (Fsp3) is 0.550. The molecule has 1 heterocycles. The highest BCUT2D eigenvalue weighted by molar-refractivity contribution is 5.81. The standard InChI is InChI=1S/C20H27NO8/c1-12(2)19(24)28-13(3)29-20(25)21-10-14(8-17(21)18(22)23)11-27-16-7-5-6-15(9-16)26-4/h5-7,9,12-14,17H,8,10-11H2,1-4H3,(H,22,23)/t13-,14-,17-/m0/s1. The van der Waals surface area contributed by atoms with E-state index in [9.17, 15) is 19.5 Å². The number of aliphatic carboxylic acids is 1. The van der Waals surface area contributed by atoms with Crippen LogP contribution in [-0.4, -0.2) is 60.6 Å². The molecule has 160 valence electrons. The van der Waals surface area contributed by atoms with Gasteiger partial charge in [-0.15, -0.1) is 0 Å². The number of carboxylic acids is 1. The number of carbonyl (C=O) groups is 3. The normalized spacial score (nSPS) is 19.6. The minimum absolute atomic E-state index is 0.157. The highest BCUT2D eigenvalue weighted by Gasteiger charge is 2.41. The van der Waals surface area contributed by atoms with E-state index in [-0.39, 0.29) is 31.4 Å². The molecule has 9 nitrogen and oxygen atoms in total. The Balaban J connectivity index is 1.94. The van der Waals surface area contributed by atoms with E-state index < -0.39 is 30.4 Å². The lowest BCUT2D eigenvalue weighted by Gasteiger charge is -2.23. The molecule has 1 aliphatic heterocycles. The van der Waals surface area contributed by atoms with Crippen molar-refractivity contribution in [3.63, 3.8) is 0 Å². The van der Waals surface area contributed by atoms with E-state index in [0.717, 1.165) is 4.90 Å². The molecular formula is C20H27NO8. The van der Waals surface area contributed by atoms with Gasteiger partial charge in [0.25, 0.3) is 0 Å². The van der Waals surface area contributed by atoms with Gasteiger partial charge in [0.05, 0.1) is 19.6 Å². The van der Waals surface area contributed by atoms with Crippen LogP contribution in [0.5, 0.6) is 11.5 Å². The summed E-state index contributed by atoms with van der Waals surface area (Å²) in [6, 6.07) is 6.03. The zero-order chi connectivity index (χ0) is 21.6. The number of esters is 1. The number of nitrogens with zero attached hydrogens (tertiary/aromatic N) is 1. The van der Waals surface area contributed by atoms with E-state index in [0.29, 0.717) is 11.5 Å². The molecule has 1 aliphatic rings. The molecule has 29 heavy (non-hydrogen) atoms. The lowest BCUT2D eigenvalue weighted by molar-refractivity contribution is -0.170. The van der Waals surface area contributed by atoms with Gasteiger partial charge < -0.3 is 24.1 Å². The van der Waals surface area contributed by atoms with E-state index in [2.05, 4.69) is 0 Å². The molecule has 1 fully saturated rings. The van der Waals surface area contributed by atoms with Crippen molar-refractivity contribution in [1.29, 1.82) is 0 Å². The Kier molecular flexibility index (Phi) is 7.69. The summed E-state index contributed by atoms with van der Waals surface area (Å²) in [7, 11) is 1.55. The maximum absolute atomic E-state index is 12.4. The number of likely N-dealkylation sites (tertiary alicyclic amines) is 1. The van der Waals surface area contributed by atoms with Crippen LogP contribution in [0.1, 0.15) is 27.2 Å². The quantitative estimate of drug-likeness (QED) is 0.515. The van der Waals surface area contributed by atoms with Gasteiger partial charge in [0.15, 0.2) is 0 Å². The summed E-state index contributed by atoms with van der Waals surface area (Å²) in [6.07, 6.45) is -1.72. The Bertz CT molecular complexity index is 735.